The van der Waals surface area contributed by atoms with E-state index in [0.717, 1.165) is 30.5 Å². The fourth-order valence-corrected chi connectivity index (χ4v) is 7.13. The highest BCUT2D eigenvalue weighted by molar-refractivity contribution is 7.89. The van der Waals surface area contributed by atoms with Crippen molar-refractivity contribution in [1.82, 2.24) is 19.4 Å². The number of nitrogens with one attached hydrogen (secondary N) is 1. The molecule has 0 radical (unpaired) electrons. The Labute approximate surface area is 235 Å². The number of rotatable bonds is 8. The standard InChI is InChI=1S/C28H38N4O7S/c1-3-32-25-23(17-28(19-29-26(25)33)8-12-37-13-9-28)24(30-32)16-20(2)18-39-27(34)21-4-6-22(7-5-21)40(35,36)31-10-14-38-15-11-31/h4-7,20H,3,8-19H2,1-2H3,(H,29,33). The second-order valence-electron chi connectivity index (χ2n) is 11.0. The SMILES string of the molecule is CCn1nc(CC(C)COC(=O)c2ccc(S(=O)(=O)N3CCOCC3)cc2)c2c1C(=O)NCC1(CCOCC1)C2. The van der Waals surface area contributed by atoms with Gasteiger partial charge in [0.25, 0.3) is 5.91 Å². The van der Waals surface area contributed by atoms with Gasteiger partial charge < -0.3 is 19.5 Å². The summed E-state index contributed by atoms with van der Waals surface area (Å²) in [6, 6.07) is 5.84. The lowest BCUT2D eigenvalue weighted by molar-refractivity contribution is 0.0160. The first-order valence-corrected chi connectivity index (χ1v) is 15.5. The lowest BCUT2D eigenvalue weighted by Gasteiger charge is -2.36. The Hall–Kier alpha value is -2.80. The van der Waals surface area contributed by atoms with Crippen molar-refractivity contribution in [1.29, 1.82) is 0 Å². The summed E-state index contributed by atoms with van der Waals surface area (Å²) in [5.41, 5.74) is 2.76. The number of hydrogen-bond donors (Lipinski definition) is 1. The molecule has 5 rings (SSSR count). The predicted molar refractivity (Wildman–Crippen MR) is 146 cm³/mol. The van der Waals surface area contributed by atoms with Gasteiger partial charge in [0.05, 0.1) is 36.0 Å². The molecule has 1 aromatic carbocycles. The zero-order valence-electron chi connectivity index (χ0n) is 23.2. The lowest BCUT2D eigenvalue weighted by Crippen LogP contribution is -2.40. The fraction of sp³-hybridized carbons (Fsp3) is 0.607. The van der Waals surface area contributed by atoms with E-state index in [9.17, 15) is 18.0 Å². The molecule has 2 fully saturated rings. The van der Waals surface area contributed by atoms with E-state index in [-0.39, 0.29) is 34.3 Å². The summed E-state index contributed by atoms with van der Waals surface area (Å²) in [5.74, 6) is -0.635. The van der Waals surface area contributed by atoms with Crippen LogP contribution in [0.2, 0.25) is 0 Å². The zero-order valence-corrected chi connectivity index (χ0v) is 24.0. The fourth-order valence-electron chi connectivity index (χ4n) is 5.72. The van der Waals surface area contributed by atoms with E-state index in [1.807, 2.05) is 13.8 Å². The molecule has 3 aliphatic heterocycles. The maximum absolute atomic E-state index is 13.0. The third-order valence-corrected chi connectivity index (χ3v) is 10.0. The third kappa shape index (κ3) is 5.95. The van der Waals surface area contributed by atoms with E-state index in [1.165, 1.54) is 28.6 Å². The van der Waals surface area contributed by atoms with Crippen LogP contribution in [0.25, 0.3) is 0 Å². The number of hydrogen-bond acceptors (Lipinski definition) is 8. The van der Waals surface area contributed by atoms with Gasteiger partial charge in [0.15, 0.2) is 0 Å². The molecule has 11 nitrogen and oxygen atoms in total. The molecule has 1 spiro atoms. The summed E-state index contributed by atoms with van der Waals surface area (Å²) in [4.78, 5) is 25.9. The number of carbonyl (C=O) groups excluding carboxylic acids is 2. The largest absolute Gasteiger partial charge is 0.462 e. The Kier molecular flexibility index (Phi) is 8.60. The smallest absolute Gasteiger partial charge is 0.338 e. The second-order valence-corrected chi connectivity index (χ2v) is 12.9. The van der Waals surface area contributed by atoms with Crippen molar-refractivity contribution in [3.05, 3.63) is 46.8 Å². The van der Waals surface area contributed by atoms with E-state index in [1.54, 1.807) is 4.68 Å². The maximum atomic E-state index is 13.0. The Morgan fingerprint density at radius 1 is 1.12 bits per heavy atom. The molecule has 3 aliphatic rings. The Morgan fingerprint density at radius 3 is 2.48 bits per heavy atom. The molecule has 1 amide bonds. The average Bonchev–Trinajstić information content (AvgIpc) is 3.24. The van der Waals surface area contributed by atoms with Crippen LogP contribution in [-0.4, -0.2) is 87.0 Å². The lowest BCUT2D eigenvalue weighted by atomic mass is 9.75. The van der Waals surface area contributed by atoms with Crippen LogP contribution in [0.4, 0.5) is 0 Å². The topological polar surface area (TPSA) is 129 Å². The third-order valence-electron chi connectivity index (χ3n) is 8.12. The van der Waals surface area contributed by atoms with Crippen molar-refractivity contribution in [2.45, 2.75) is 51.0 Å². The van der Waals surface area contributed by atoms with Crippen LogP contribution in [0.5, 0.6) is 0 Å². The zero-order chi connectivity index (χ0) is 28.3. The van der Waals surface area contributed by atoms with Gasteiger partial charge in [-0.25, -0.2) is 13.2 Å². The number of sulfonamides is 1. The first-order valence-electron chi connectivity index (χ1n) is 14.0. The summed E-state index contributed by atoms with van der Waals surface area (Å²) in [6.45, 7) is 8.09. The van der Waals surface area contributed by atoms with Gasteiger partial charge in [0, 0.05) is 45.0 Å². The van der Waals surface area contributed by atoms with E-state index in [4.69, 9.17) is 19.3 Å². The number of aromatic nitrogens is 2. The summed E-state index contributed by atoms with van der Waals surface area (Å²) in [5, 5.41) is 7.91. The molecule has 1 unspecified atom stereocenters. The summed E-state index contributed by atoms with van der Waals surface area (Å²) < 4.78 is 45.3. The van der Waals surface area contributed by atoms with Gasteiger partial charge in [0.1, 0.15) is 5.69 Å². The molecule has 1 aromatic heterocycles. The summed E-state index contributed by atoms with van der Waals surface area (Å²) in [6.07, 6.45) is 3.12. The minimum absolute atomic E-state index is 0.0351. The van der Waals surface area contributed by atoms with Gasteiger partial charge in [-0.3, -0.25) is 9.48 Å². The molecule has 2 saturated heterocycles. The number of fused-ring (bicyclic) bond motifs is 1. The summed E-state index contributed by atoms with van der Waals surface area (Å²) >= 11 is 0. The number of morpholine rings is 1. The maximum Gasteiger partial charge on any atom is 0.338 e. The van der Waals surface area contributed by atoms with Gasteiger partial charge in [-0.1, -0.05) is 6.92 Å². The molecule has 218 valence electrons. The molecule has 2 aromatic rings. The number of ether oxygens (including phenoxy) is 3. The number of carbonyl (C=O) groups is 2. The second kappa shape index (κ2) is 12.0. The van der Waals surface area contributed by atoms with Crippen LogP contribution in [0.1, 0.15) is 58.8 Å². The van der Waals surface area contributed by atoms with Crippen molar-refractivity contribution >= 4 is 21.9 Å². The van der Waals surface area contributed by atoms with Crippen molar-refractivity contribution in [2.75, 3.05) is 52.7 Å². The quantitative estimate of drug-likeness (QED) is 0.475. The van der Waals surface area contributed by atoms with Crippen molar-refractivity contribution in [3.8, 4) is 0 Å². The van der Waals surface area contributed by atoms with Crippen LogP contribution in [-0.2, 0) is 43.6 Å². The molecule has 12 heteroatoms. The van der Waals surface area contributed by atoms with E-state index in [2.05, 4.69) is 5.32 Å². The van der Waals surface area contributed by atoms with Crippen molar-refractivity contribution in [3.63, 3.8) is 0 Å². The Bertz CT molecular complexity index is 1330. The Balaban J connectivity index is 1.23. The number of aryl methyl sites for hydroxylation is 1. The molecular weight excluding hydrogens is 536 g/mol. The molecule has 0 bridgehead atoms. The van der Waals surface area contributed by atoms with E-state index >= 15 is 0 Å². The Morgan fingerprint density at radius 2 is 1.80 bits per heavy atom. The van der Waals surface area contributed by atoms with Crippen LogP contribution in [0.3, 0.4) is 0 Å². The van der Waals surface area contributed by atoms with Gasteiger partial charge in [-0.05, 0) is 68.2 Å². The number of amides is 1. The van der Waals surface area contributed by atoms with Gasteiger partial charge in [-0.15, -0.1) is 0 Å². The highest BCUT2D eigenvalue weighted by Gasteiger charge is 2.40. The normalized spacial score (nSPS) is 20.4. The number of nitrogens with zero attached hydrogens (tertiary/aromatic N) is 3. The summed E-state index contributed by atoms with van der Waals surface area (Å²) in [7, 11) is -3.63. The van der Waals surface area contributed by atoms with Crippen LogP contribution in [0.15, 0.2) is 29.2 Å². The van der Waals surface area contributed by atoms with Gasteiger partial charge >= 0.3 is 5.97 Å². The van der Waals surface area contributed by atoms with Crippen molar-refractivity contribution < 1.29 is 32.2 Å². The molecule has 1 N–H and O–H groups in total. The van der Waals surface area contributed by atoms with E-state index in [0.29, 0.717) is 64.7 Å². The highest BCUT2D eigenvalue weighted by atomic mass is 32.2. The van der Waals surface area contributed by atoms with E-state index < -0.39 is 16.0 Å². The predicted octanol–water partition coefficient (Wildman–Crippen LogP) is 2.04. The van der Waals surface area contributed by atoms with Gasteiger partial charge in [-0.2, -0.15) is 9.40 Å². The van der Waals surface area contributed by atoms with Crippen LogP contribution < -0.4 is 5.32 Å². The minimum atomic E-state index is -3.63. The molecule has 40 heavy (non-hydrogen) atoms. The number of benzene rings is 1. The first-order chi connectivity index (χ1) is 19.2. The minimum Gasteiger partial charge on any atom is -0.462 e. The molecule has 0 aliphatic carbocycles. The van der Waals surface area contributed by atoms with Crippen LogP contribution >= 0.6 is 0 Å². The monoisotopic (exact) mass is 574 g/mol. The first kappa shape index (κ1) is 28.7. The van der Waals surface area contributed by atoms with Crippen LogP contribution in [0, 0.1) is 11.3 Å². The molecule has 4 heterocycles. The molecule has 1 atom stereocenters. The number of esters is 1. The highest BCUT2D eigenvalue weighted by Crippen LogP contribution is 2.38. The average molecular weight is 575 g/mol. The molecule has 0 saturated carbocycles. The molecular formula is C28H38N4O7S. The van der Waals surface area contributed by atoms with Crippen molar-refractivity contribution in [2.24, 2.45) is 11.3 Å². The van der Waals surface area contributed by atoms with Gasteiger partial charge in [0.2, 0.25) is 10.0 Å².